The second-order valence-electron chi connectivity index (χ2n) is 4.10. The Hall–Kier alpha value is -0.0400. The van der Waals surface area contributed by atoms with Gasteiger partial charge in [-0.3, -0.25) is 0 Å². The van der Waals surface area contributed by atoms with Gasteiger partial charge in [-0.15, -0.1) is 0 Å². The summed E-state index contributed by atoms with van der Waals surface area (Å²) in [6.45, 7) is 6.37. The highest BCUT2D eigenvalue weighted by atomic mass is 16.3. The molecule has 0 amide bonds. The van der Waals surface area contributed by atoms with Gasteiger partial charge >= 0.3 is 0 Å². The number of hydrogen-bond acceptors (Lipinski definition) is 1. The Balaban J connectivity index is 2.59. The Bertz CT molecular complexity index is 116. The molecule has 1 nitrogen and oxygen atoms in total. The maximum absolute atomic E-state index is 9.82. The molecule has 0 unspecified atom stereocenters. The standard InChI is InChI=1S/C9H18O/c1-7(2)8-5-4-6-9(8,3)10/h7-8,10H,4-6H2,1-3H3/t8-,9+/m0/s1. The average molecular weight is 142 g/mol. The molecule has 1 rings (SSSR count). The third-order valence-corrected chi connectivity index (χ3v) is 2.80. The van der Waals surface area contributed by atoms with Gasteiger partial charge < -0.3 is 5.11 Å². The van der Waals surface area contributed by atoms with E-state index in [0.717, 1.165) is 6.42 Å². The van der Waals surface area contributed by atoms with Crippen LogP contribution in [0.4, 0.5) is 0 Å². The van der Waals surface area contributed by atoms with Crippen molar-refractivity contribution < 1.29 is 5.11 Å². The Morgan fingerprint density at radius 2 is 2.10 bits per heavy atom. The lowest BCUT2D eigenvalue weighted by molar-refractivity contribution is 0.00296. The topological polar surface area (TPSA) is 20.2 Å². The van der Waals surface area contributed by atoms with E-state index in [1.54, 1.807) is 0 Å². The van der Waals surface area contributed by atoms with E-state index in [2.05, 4.69) is 13.8 Å². The van der Waals surface area contributed by atoms with Crippen molar-refractivity contribution in [3.05, 3.63) is 0 Å². The lowest BCUT2D eigenvalue weighted by Crippen LogP contribution is -2.32. The second kappa shape index (κ2) is 2.54. The Kier molecular flexibility index (Phi) is 2.04. The van der Waals surface area contributed by atoms with Crippen LogP contribution < -0.4 is 0 Å². The Labute approximate surface area is 63.4 Å². The molecular formula is C9H18O. The molecule has 0 aromatic heterocycles. The highest BCUT2D eigenvalue weighted by Gasteiger charge is 2.37. The first-order valence-electron chi connectivity index (χ1n) is 4.26. The summed E-state index contributed by atoms with van der Waals surface area (Å²) in [6, 6.07) is 0. The number of rotatable bonds is 1. The zero-order valence-corrected chi connectivity index (χ0v) is 7.22. The van der Waals surface area contributed by atoms with E-state index in [0.29, 0.717) is 11.8 Å². The van der Waals surface area contributed by atoms with Crippen molar-refractivity contribution in [2.45, 2.75) is 45.6 Å². The first-order valence-corrected chi connectivity index (χ1v) is 4.26. The number of hydrogen-bond donors (Lipinski definition) is 1. The molecule has 0 radical (unpaired) electrons. The summed E-state index contributed by atoms with van der Waals surface area (Å²) in [4.78, 5) is 0. The van der Waals surface area contributed by atoms with Crippen molar-refractivity contribution in [1.29, 1.82) is 0 Å². The van der Waals surface area contributed by atoms with Crippen molar-refractivity contribution in [3.8, 4) is 0 Å². The first kappa shape index (κ1) is 8.06. The van der Waals surface area contributed by atoms with Crippen LogP contribution in [0.5, 0.6) is 0 Å². The summed E-state index contributed by atoms with van der Waals surface area (Å²) in [6.07, 6.45) is 3.41. The van der Waals surface area contributed by atoms with Crippen LogP contribution in [0, 0.1) is 11.8 Å². The summed E-state index contributed by atoms with van der Waals surface area (Å²) < 4.78 is 0. The van der Waals surface area contributed by atoms with E-state index < -0.39 is 0 Å². The normalized spacial score (nSPS) is 41.1. The van der Waals surface area contributed by atoms with Gasteiger partial charge in [0.25, 0.3) is 0 Å². The third kappa shape index (κ3) is 1.34. The van der Waals surface area contributed by atoms with Crippen LogP contribution in [0.15, 0.2) is 0 Å². The lowest BCUT2D eigenvalue weighted by atomic mass is 9.84. The second-order valence-corrected chi connectivity index (χ2v) is 4.10. The predicted octanol–water partition coefficient (Wildman–Crippen LogP) is 2.19. The van der Waals surface area contributed by atoms with Gasteiger partial charge in [-0.2, -0.15) is 0 Å². The molecule has 1 N–H and O–H groups in total. The van der Waals surface area contributed by atoms with Crippen molar-refractivity contribution in [1.82, 2.24) is 0 Å². The molecule has 0 saturated heterocycles. The highest BCUT2D eigenvalue weighted by Crippen LogP contribution is 2.39. The smallest absolute Gasteiger partial charge is 0.0650 e. The van der Waals surface area contributed by atoms with Gasteiger partial charge in [0, 0.05) is 0 Å². The quantitative estimate of drug-likeness (QED) is 0.595. The van der Waals surface area contributed by atoms with Crippen molar-refractivity contribution in [3.63, 3.8) is 0 Å². The molecular weight excluding hydrogens is 124 g/mol. The molecule has 1 aliphatic rings. The molecule has 1 fully saturated rings. The van der Waals surface area contributed by atoms with Crippen molar-refractivity contribution in [2.75, 3.05) is 0 Å². The molecule has 1 aliphatic carbocycles. The first-order chi connectivity index (χ1) is 4.54. The summed E-state index contributed by atoms with van der Waals surface area (Å²) in [5.74, 6) is 1.17. The molecule has 1 saturated carbocycles. The largest absolute Gasteiger partial charge is 0.390 e. The van der Waals surface area contributed by atoms with Gasteiger partial charge in [0.15, 0.2) is 0 Å². The molecule has 2 atom stereocenters. The molecule has 0 bridgehead atoms. The van der Waals surface area contributed by atoms with E-state index in [1.807, 2.05) is 6.92 Å². The molecule has 0 aromatic rings. The van der Waals surface area contributed by atoms with Crippen LogP contribution in [0.3, 0.4) is 0 Å². The molecule has 0 heterocycles. The van der Waals surface area contributed by atoms with E-state index in [-0.39, 0.29) is 5.60 Å². The number of aliphatic hydroxyl groups is 1. The molecule has 0 spiro atoms. The Morgan fingerprint density at radius 1 is 1.50 bits per heavy atom. The van der Waals surface area contributed by atoms with Crippen molar-refractivity contribution in [2.24, 2.45) is 11.8 Å². The minimum Gasteiger partial charge on any atom is -0.390 e. The minimum absolute atomic E-state index is 0.367. The van der Waals surface area contributed by atoms with Gasteiger partial charge in [0.05, 0.1) is 5.60 Å². The van der Waals surface area contributed by atoms with E-state index >= 15 is 0 Å². The maximum atomic E-state index is 9.82. The fourth-order valence-electron chi connectivity index (χ4n) is 2.23. The predicted molar refractivity (Wildman–Crippen MR) is 42.8 cm³/mol. The zero-order chi connectivity index (χ0) is 7.78. The monoisotopic (exact) mass is 142 g/mol. The SMILES string of the molecule is CC(C)[C@@H]1CCC[C@@]1(C)O. The van der Waals surface area contributed by atoms with E-state index in [9.17, 15) is 5.11 Å². The minimum atomic E-state index is -0.367. The summed E-state index contributed by atoms with van der Waals surface area (Å²) in [5.41, 5.74) is -0.367. The van der Waals surface area contributed by atoms with E-state index in [4.69, 9.17) is 0 Å². The average Bonchev–Trinajstić information content (AvgIpc) is 2.08. The summed E-state index contributed by atoms with van der Waals surface area (Å²) in [7, 11) is 0. The molecule has 1 heteroatoms. The van der Waals surface area contributed by atoms with Gasteiger partial charge in [-0.05, 0) is 31.6 Å². The Morgan fingerprint density at radius 3 is 2.30 bits per heavy atom. The van der Waals surface area contributed by atoms with Crippen LogP contribution >= 0.6 is 0 Å². The van der Waals surface area contributed by atoms with Crippen LogP contribution in [-0.4, -0.2) is 10.7 Å². The van der Waals surface area contributed by atoms with Gasteiger partial charge in [-0.1, -0.05) is 20.3 Å². The van der Waals surface area contributed by atoms with Crippen LogP contribution in [0.25, 0.3) is 0 Å². The van der Waals surface area contributed by atoms with Gasteiger partial charge in [0.2, 0.25) is 0 Å². The molecule has 0 aliphatic heterocycles. The highest BCUT2D eigenvalue weighted by molar-refractivity contribution is 4.89. The summed E-state index contributed by atoms with van der Waals surface area (Å²) in [5, 5.41) is 9.82. The lowest BCUT2D eigenvalue weighted by Gasteiger charge is -2.28. The van der Waals surface area contributed by atoms with Crippen LogP contribution in [0.1, 0.15) is 40.0 Å². The van der Waals surface area contributed by atoms with Crippen molar-refractivity contribution >= 4 is 0 Å². The molecule has 0 aromatic carbocycles. The summed E-state index contributed by atoms with van der Waals surface area (Å²) >= 11 is 0. The van der Waals surface area contributed by atoms with Gasteiger partial charge in [-0.25, -0.2) is 0 Å². The van der Waals surface area contributed by atoms with E-state index in [1.165, 1.54) is 12.8 Å². The zero-order valence-electron chi connectivity index (χ0n) is 7.22. The van der Waals surface area contributed by atoms with Crippen LogP contribution in [0.2, 0.25) is 0 Å². The third-order valence-electron chi connectivity index (χ3n) is 2.80. The van der Waals surface area contributed by atoms with Crippen LogP contribution in [-0.2, 0) is 0 Å². The fraction of sp³-hybridized carbons (Fsp3) is 1.00. The molecule has 10 heavy (non-hydrogen) atoms. The molecule has 60 valence electrons. The fourth-order valence-corrected chi connectivity index (χ4v) is 2.23. The van der Waals surface area contributed by atoms with Gasteiger partial charge in [0.1, 0.15) is 0 Å². The maximum Gasteiger partial charge on any atom is 0.0650 e.